The fourth-order valence-corrected chi connectivity index (χ4v) is 1.62. The lowest BCUT2D eigenvalue weighted by Gasteiger charge is -2.10. The Labute approximate surface area is 103 Å². The molecule has 0 heterocycles. The fraction of sp³-hybridized carbons (Fsp3) is 0.400. The SMILES string of the molecule is CCC(CC)C(=O)OCC=Cc1ccccc1. The molecule has 1 rings (SSSR count). The predicted octanol–water partition coefficient (Wildman–Crippen LogP) is 3.68. The summed E-state index contributed by atoms with van der Waals surface area (Å²) in [7, 11) is 0. The van der Waals surface area contributed by atoms with Crippen molar-refractivity contribution in [2.45, 2.75) is 26.7 Å². The van der Waals surface area contributed by atoms with Crippen LogP contribution in [0.15, 0.2) is 36.4 Å². The van der Waals surface area contributed by atoms with Gasteiger partial charge in [0.15, 0.2) is 0 Å². The zero-order valence-electron chi connectivity index (χ0n) is 10.6. The van der Waals surface area contributed by atoms with Crippen LogP contribution in [0.5, 0.6) is 0 Å². The molecule has 1 aromatic carbocycles. The molecule has 0 bridgehead atoms. The second-order valence-electron chi connectivity index (χ2n) is 3.96. The zero-order chi connectivity index (χ0) is 12.5. The van der Waals surface area contributed by atoms with E-state index in [-0.39, 0.29) is 11.9 Å². The average Bonchev–Trinajstić information content (AvgIpc) is 2.37. The Kier molecular flexibility index (Phi) is 6.08. The summed E-state index contributed by atoms with van der Waals surface area (Å²) >= 11 is 0. The molecule has 0 aromatic heterocycles. The first-order valence-corrected chi connectivity index (χ1v) is 6.16. The summed E-state index contributed by atoms with van der Waals surface area (Å²) in [6.45, 7) is 4.37. The molecule has 0 saturated carbocycles. The highest BCUT2D eigenvalue weighted by atomic mass is 16.5. The summed E-state index contributed by atoms with van der Waals surface area (Å²) in [6.07, 6.45) is 5.52. The highest BCUT2D eigenvalue weighted by Gasteiger charge is 2.14. The van der Waals surface area contributed by atoms with Gasteiger partial charge in [-0.3, -0.25) is 4.79 Å². The van der Waals surface area contributed by atoms with Crippen LogP contribution in [0.1, 0.15) is 32.3 Å². The van der Waals surface area contributed by atoms with Crippen LogP contribution >= 0.6 is 0 Å². The van der Waals surface area contributed by atoms with E-state index in [0.717, 1.165) is 18.4 Å². The molecule has 0 unspecified atom stereocenters. The van der Waals surface area contributed by atoms with Crippen LogP contribution in [-0.4, -0.2) is 12.6 Å². The van der Waals surface area contributed by atoms with E-state index in [2.05, 4.69) is 0 Å². The van der Waals surface area contributed by atoms with Gasteiger partial charge < -0.3 is 4.74 Å². The third-order valence-corrected chi connectivity index (χ3v) is 2.75. The number of carbonyl (C=O) groups is 1. The Bertz CT molecular complexity index is 350. The molecular weight excluding hydrogens is 212 g/mol. The Hall–Kier alpha value is -1.57. The van der Waals surface area contributed by atoms with E-state index in [1.807, 2.05) is 56.3 Å². The number of benzene rings is 1. The van der Waals surface area contributed by atoms with Crippen molar-refractivity contribution >= 4 is 12.0 Å². The Balaban J connectivity index is 2.33. The number of carbonyl (C=O) groups excluding carboxylic acids is 1. The van der Waals surface area contributed by atoms with E-state index in [9.17, 15) is 4.79 Å². The first-order valence-electron chi connectivity index (χ1n) is 6.16. The maximum atomic E-state index is 11.6. The fourth-order valence-electron chi connectivity index (χ4n) is 1.62. The molecule has 17 heavy (non-hydrogen) atoms. The number of esters is 1. The van der Waals surface area contributed by atoms with Crippen LogP contribution in [0.2, 0.25) is 0 Å². The average molecular weight is 232 g/mol. The van der Waals surface area contributed by atoms with Crippen LogP contribution in [0.25, 0.3) is 6.08 Å². The van der Waals surface area contributed by atoms with Gasteiger partial charge in [-0.15, -0.1) is 0 Å². The van der Waals surface area contributed by atoms with Crippen molar-refractivity contribution in [2.75, 3.05) is 6.61 Å². The molecule has 1 aromatic rings. The van der Waals surface area contributed by atoms with Gasteiger partial charge in [-0.25, -0.2) is 0 Å². The summed E-state index contributed by atoms with van der Waals surface area (Å²) < 4.78 is 5.18. The molecule has 0 aliphatic rings. The minimum Gasteiger partial charge on any atom is -0.461 e. The molecular formula is C15H20O2. The number of hydrogen-bond donors (Lipinski definition) is 0. The van der Waals surface area contributed by atoms with Gasteiger partial charge in [-0.05, 0) is 24.5 Å². The predicted molar refractivity (Wildman–Crippen MR) is 70.5 cm³/mol. The number of hydrogen-bond acceptors (Lipinski definition) is 2. The maximum Gasteiger partial charge on any atom is 0.309 e. The van der Waals surface area contributed by atoms with Gasteiger partial charge in [-0.1, -0.05) is 50.3 Å². The van der Waals surface area contributed by atoms with Crippen molar-refractivity contribution in [1.82, 2.24) is 0 Å². The van der Waals surface area contributed by atoms with Gasteiger partial charge in [0.1, 0.15) is 6.61 Å². The van der Waals surface area contributed by atoms with Crippen molar-refractivity contribution in [3.05, 3.63) is 42.0 Å². The molecule has 0 atom stereocenters. The molecule has 2 nitrogen and oxygen atoms in total. The largest absolute Gasteiger partial charge is 0.461 e. The third kappa shape index (κ3) is 4.85. The quantitative estimate of drug-likeness (QED) is 0.699. The Morgan fingerprint density at radius 3 is 2.47 bits per heavy atom. The first-order chi connectivity index (χ1) is 8.27. The second-order valence-corrected chi connectivity index (χ2v) is 3.96. The van der Waals surface area contributed by atoms with Crippen molar-refractivity contribution in [1.29, 1.82) is 0 Å². The van der Waals surface area contributed by atoms with E-state index < -0.39 is 0 Å². The van der Waals surface area contributed by atoms with E-state index in [0.29, 0.717) is 6.61 Å². The molecule has 0 aliphatic heterocycles. The van der Waals surface area contributed by atoms with Crippen molar-refractivity contribution in [3.8, 4) is 0 Å². The minimum atomic E-state index is -0.0901. The highest BCUT2D eigenvalue weighted by molar-refractivity contribution is 5.72. The zero-order valence-corrected chi connectivity index (χ0v) is 10.6. The summed E-state index contributed by atoms with van der Waals surface area (Å²) in [4.78, 5) is 11.6. The van der Waals surface area contributed by atoms with Crippen molar-refractivity contribution < 1.29 is 9.53 Å². The lowest BCUT2D eigenvalue weighted by molar-refractivity contribution is -0.147. The van der Waals surface area contributed by atoms with E-state index in [4.69, 9.17) is 4.74 Å². The van der Waals surface area contributed by atoms with Gasteiger partial charge >= 0.3 is 5.97 Å². The summed E-state index contributed by atoms with van der Waals surface area (Å²) in [6, 6.07) is 9.97. The molecule has 0 spiro atoms. The van der Waals surface area contributed by atoms with E-state index >= 15 is 0 Å². The molecule has 2 heteroatoms. The number of ether oxygens (including phenoxy) is 1. The molecule has 0 aliphatic carbocycles. The summed E-state index contributed by atoms with van der Waals surface area (Å²) in [5.74, 6) is -0.0483. The normalized spacial score (nSPS) is 11.0. The molecule has 0 N–H and O–H groups in total. The maximum absolute atomic E-state index is 11.6. The van der Waals surface area contributed by atoms with Gasteiger partial charge in [0.2, 0.25) is 0 Å². The van der Waals surface area contributed by atoms with Crippen molar-refractivity contribution in [3.63, 3.8) is 0 Å². The topological polar surface area (TPSA) is 26.3 Å². The Morgan fingerprint density at radius 1 is 1.24 bits per heavy atom. The Morgan fingerprint density at radius 2 is 1.88 bits per heavy atom. The van der Waals surface area contributed by atoms with Gasteiger partial charge in [0.25, 0.3) is 0 Å². The van der Waals surface area contributed by atoms with Crippen LogP contribution in [0.3, 0.4) is 0 Å². The number of rotatable bonds is 6. The lowest BCUT2D eigenvalue weighted by atomic mass is 10.0. The standard InChI is InChI=1S/C15H20O2/c1-3-14(4-2)15(16)17-12-8-11-13-9-6-5-7-10-13/h5-11,14H,3-4,12H2,1-2H3. The smallest absolute Gasteiger partial charge is 0.309 e. The van der Waals surface area contributed by atoms with Gasteiger partial charge in [0.05, 0.1) is 5.92 Å². The molecule has 0 radical (unpaired) electrons. The third-order valence-electron chi connectivity index (χ3n) is 2.75. The summed E-state index contributed by atoms with van der Waals surface area (Å²) in [5.41, 5.74) is 1.12. The monoisotopic (exact) mass is 232 g/mol. The molecule has 0 fully saturated rings. The summed E-state index contributed by atoms with van der Waals surface area (Å²) in [5, 5.41) is 0. The van der Waals surface area contributed by atoms with Crippen LogP contribution in [0, 0.1) is 5.92 Å². The minimum absolute atomic E-state index is 0.0418. The molecule has 0 amide bonds. The van der Waals surface area contributed by atoms with Gasteiger partial charge in [0, 0.05) is 0 Å². The van der Waals surface area contributed by atoms with E-state index in [1.54, 1.807) is 0 Å². The van der Waals surface area contributed by atoms with Gasteiger partial charge in [-0.2, -0.15) is 0 Å². The van der Waals surface area contributed by atoms with Crippen LogP contribution < -0.4 is 0 Å². The second kappa shape index (κ2) is 7.66. The molecule has 0 saturated heterocycles. The van der Waals surface area contributed by atoms with Crippen LogP contribution in [-0.2, 0) is 9.53 Å². The van der Waals surface area contributed by atoms with Crippen LogP contribution in [0.4, 0.5) is 0 Å². The molecule has 92 valence electrons. The van der Waals surface area contributed by atoms with Crippen molar-refractivity contribution in [2.24, 2.45) is 5.92 Å². The highest BCUT2D eigenvalue weighted by Crippen LogP contribution is 2.09. The lowest BCUT2D eigenvalue weighted by Crippen LogP contribution is -2.16. The van der Waals surface area contributed by atoms with E-state index in [1.165, 1.54) is 0 Å². The first kappa shape index (κ1) is 13.5.